The summed E-state index contributed by atoms with van der Waals surface area (Å²) in [7, 11) is -0.897. The molecule has 1 aromatic heterocycles. The molecule has 0 saturated heterocycles. The SMILES string of the molecule is Cc1ccc(-c2nn(CC(=O)Nc3ccc(OC(F)(F)Cl)cc3)c(=O)c3ccccc23)cc1S(=O)(=O)N(C)C. The Kier molecular flexibility index (Phi) is 7.73. The van der Waals surface area contributed by atoms with Crippen LogP contribution in [0, 0.1) is 6.92 Å². The van der Waals surface area contributed by atoms with E-state index in [-0.39, 0.29) is 21.7 Å². The minimum absolute atomic E-state index is 0.0886. The molecule has 9 nitrogen and oxygen atoms in total. The Morgan fingerprint density at radius 1 is 1.08 bits per heavy atom. The smallest absolute Gasteiger partial charge is 0.420 e. The maximum atomic E-state index is 13.2. The van der Waals surface area contributed by atoms with Crippen molar-refractivity contribution >= 4 is 44.0 Å². The van der Waals surface area contributed by atoms with Gasteiger partial charge in [-0.15, -0.1) is 8.78 Å². The van der Waals surface area contributed by atoms with E-state index in [4.69, 9.17) is 11.6 Å². The van der Waals surface area contributed by atoms with Gasteiger partial charge in [-0.1, -0.05) is 30.3 Å². The number of anilines is 1. The van der Waals surface area contributed by atoms with E-state index in [1.807, 2.05) is 0 Å². The topological polar surface area (TPSA) is 111 Å². The van der Waals surface area contributed by atoms with Gasteiger partial charge in [0.1, 0.15) is 12.3 Å². The first-order valence-electron chi connectivity index (χ1n) is 11.5. The molecule has 0 bridgehead atoms. The van der Waals surface area contributed by atoms with Crippen LogP contribution in [-0.4, -0.2) is 48.1 Å². The van der Waals surface area contributed by atoms with Crippen molar-refractivity contribution in [2.45, 2.75) is 23.9 Å². The van der Waals surface area contributed by atoms with E-state index in [0.29, 0.717) is 22.2 Å². The van der Waals surface area contributed by atoms with Crippen molar-refractivity contribution in [2.75, 3.05) is 19.4 Å². The fraction of sp³-hybridized carbons (Fsp3) is 0.192. The molecule has 0 aliphatic carbocycles. The van der Waals surface area contributed by atoms with Crippen molar-refractivity contribution in [2.24, 2.45) is 0 Å². The molecule has 13 heteroatoms. The number of ether oxygens (including phenoxy) is 1. The second-order valence-corrected chi connectivity index (χ2v) is 11.3. The minimum Gasteiger partial charge on any atom is -0.420 e. The highest BCUT2D eigenvalue weighted by atomic mass is 35.5. The number of amides is 1. The van der Waals surface area contributed by atoms with Gasteiger partial charge in [0.2, 0.25) is 15.9 Å². The molecule has 0 atom stereocenters. The third-order valence-electron chi connectivity index (χ3n) is 5.75. The normalized spacial score (nSPS) is 12.1. The molecule has 0 fully saturated rings. The Morgan fingerprint density at radius 3 is 2.33 bits per heavy atom. The maximum absolute atomic E-state index is 13.2. The molecule has 4 aromatic rings. The zero-order chi connectivity index (χ0) is 28.5. The van der Waals surface area contributed by atoms with E-state index in [1.165, 1.54) is 44.4 Å². The minimum atomic E-state index is -3.87. The lowest BCUT2D eigenvalue weighted by Crippen LogP contribution is -2.30. The summed E-state index contributed by atoms with van der Waals surface area (Å²) in [5, 5.41) is 7.76. The van der Waals surface area contributed by atoms with Gasteiger partial charge in [-0.25, -0.2) is 17.4 Å². The number of halogens is 3. The van der Waals surface area contributed by atoms with Crippen molar-refractivity contribution in [1.82, 2.24) is 14.1 Å². The van der Waals surface area contributed by atoms with E-state index in [1.54, 1.807) is 43.3 Å². The van der Waals surface area contributed by atoms with Crippen LogP contribution in [0.25, 0.3) is 22.0 Å². The molecule has 0 spiro atoms. The van der Waals surface area contributed by atoms with Gasteiger partial charge < -0.3 is 10.1 Å². The zero-order valence-corrected chi connectivity index (χ0v) is 22.6. The summed E-state index contributed by atoms with van der Waals surface area (Å²) in [6.07, 6.45) is 0. The summed E-state index contributed by atoms with van der Waals surface area (Å²) in [5.74, 6) is -0.819. The van der Waals surface area contributed by atoms with Gasteiger partial charge in [-0.3, -0.25) is 9.59 Å². The third-order valence-corrected chi connectivity index (χ3v) is 7.79. The van der Waals surface area contributed by atoms with Crippen LogP contribution >= 0.6 is 11.6 Å². The van der Waals surface area contributed by atoms with Crippen molar-refractivity contribution in [3.8, 4) is 17.0 Å². The lowest BCUT2D eigenvalue weighted by Gasteiger charge is -2.16. The molecule has 0 radical (unpaired) electrons. The zero-order valence-electron chi connectivity index (χ0n) is 21.0. The molecule has 1 N–H and O–H groups in total. The molecule has 3 aromatic carbocycles. The molecule has 1 amide bonds. The largest absolute Gasteiger partial charge is 0.487 e. The highest BCUT2D eigenvalue weighted by Gasteiger charge is 2.27. The molecular weight excluding hydrogens is 554 g/mol. The average molecular weight is 577 g/mol. The van der Waals surface area contributed by atoms with Crippen LogP contribution in [0.3, 0.4) is 0 Å². The van der Waals surface area contributed by atoms with E-state index in [9.17, 15) is 26.8 Å². The Hall–Kier alpha value is -3.87. The highest BCUT2D eigenvalue weighted by Crippen LogP contribution is 2.29. The molecule has 0 saturated carbocycles. The summed E-state index contributed by atoms with van der Waals surface area (Å²) in [6, 6.07) is 16.6. The predicted octanol–water partition coefficient (Wildman–Crippen LogP) is 4.43. The number of hydrogen-bond acceptors (Lipinski definition) is 6. The number of rotatable bonds is 8. The number of carbonyl (C=O) groups excluding carboxylic acids is 1. The van der Waals surface area contributed by atoms with Crippen molar-refractivity contribution in [1.29, 1.82) is 0 Å². The van der Waals surface area contributed by atoms with Gasteiger partial charge in [0.25, 0.3) is 5.56 Å². The standard InChI is InChI=1S/C26H23ClF2N4O5S/c1-16-8-9-17(14-22(16)39(36,37)32(2)3)24-20-6-4-5-7-21(20)25(35)33(31-24)15-23(34)30-18-10-12-19(13-11-18)38-26(27,28)29/h4-14H,15H2,1-3H3,(H,30,34). The van der Waals surface area contributed by atoms with Gasteiger partial charge >= 0.3 is 5.57 Å². The van der Waals surface area contributed by atoms with Crippen molar-refractivity contribution < 1.29 is 26.7 Å². The molecular formula is C26H23ClF2N4O5S. The molecule has 0 aliphatic rings. The number of carbonyl (C=O) groups is 1. The quantitative estimate of drug-likeness (QED) is 0.311. The molecule has 4 rings (SSSR count). The van der Waals surface area contributed by atoms with Crippen LogP contribution in [-0.2, 0) is 21.4 Å². The number of fused-ring (bicyclic) bond motifs is 1. The number of sulfonamides is 1. The first kappa shape index (κ1) is 28.1. The first-order chi connectivity index (χ1) is 18.3. The van der Waals surface area contributed by atoms with Gasteiger partial charge in [-0.2, -0.15) is 5.10 Å². The van der Waals surface area contributed by atoms with E-state index >= 15 is 0 Å². The summed E-state index contributed by atoms with van der Waals surface area (Å²) in [5.41, 5.74) is -2.84. The number of benzene rings is 3. The fourth-order valence-corrected chi connectivity index (χ4v) is 5.09. The average Bonchev–Trinajstić information content (AvgIpc) is 2.86. The number of hydrogen-bond donors (Lipinski definition) is 1. The monoisotopic (exact) mass is 576 g/mol. The summed E-state index contributed by atoms with van der Waals surface area (Å²) in [6.45, 7) is 1.21. The second-order valence-electron chi connectivity index (χ2n) is 8.75. The molecule has 0 aliphatic heterocycles. The highest BCUT2D eigenvalue weighted by molar-refractivity contribution is 7.89. The van der Waals surface area contributed by atoms with Crippen molar-refractivity contribution in [3.63, 3.8) is 0 Å². The number of nitrogens with one attached hydrogen (secondary N) is 1. The first-order valence-corrected chi connectivity index (χ1v) is 13.3. The number of nitrogens with zero attached hydrogens (tertiary/aromatic N) is 3. The van der Waals surface area contributed by atoms with E-state index in [2.05, 4.69) is 15.2 Å². The predicted molar refractivity (Wildman–Crippen MR) is 144 cm³/mol. The Morgan fingerprint density at radius 2 is 1.72 bits per heavy atom. The second kappa shape index (κ2) is 10.7. The van der Waals surface area contributed by atoms with Crippen LogP contribution in [0.2, 0.25) is 0 Å². The Labute approximate surface area is 227 Å². The Bertz CT molecular complexity index is 1720. The van der Waals surface area contributed by atoms with Crippen LogP contribution in [0.5, 0.6) is 5.75 Å². The molecule has 204 valence electrons. The lowest BCUT2D eigenvalue weighted by molar-refractivity contribution is -0.117. The molecule has 0 unspecified atom stereocenters. The maximum Gasteiger partial charge on any atom is 0.487 e. The summed E-state index contributed by atoms with van der Waals surface area (Å²) >= 11 is 4.75. The number of alkyl halides is 3. The van der Waals surface area contributed by atoms with E-state index in [0.717, 1.165) is 8.99 Å². The van der Waals surface area contributed by atoms with Gasteiger partial charge in [0, 0.05) is 42.3 Å². The summed E-state index contributed by atoms with van der Waals surface area (Å²) < 4.78 is 57.7. The van der Waals surface area contributed by atoms with Gasteiger partial charge in [0.05, 0.1) is 16.0 Å². The van der Waals surface area contributed by atoms with Crippen LogP contribution < -0.4 is 15.6 Å². The van der Waals surface area contributed by atoms with Crippen LogP contribution in [0.1, 0.15) is 5.56 Å². The van der Waals surface area contributed by atoms with Gasteiger partial charge in [0.15, 0.2) is 0 Å². The molecule has 39 heavy (non-hydrogen) atoms. The number of aryl methyl sites for hydroxylation is 1. The van der Waals surface area contributed by atoms with Crippen molar-refractivity contribution in [3.05, 3.63) is 82.6 Å². The fourth-order valence-electron chi connectivity index (χ4n) is 3.85. The van der Waals surface area contributed by atoms with Gasteiger partial charge in [-0.05, 0) is 48.9 Å². The summed E-state index contributed by atoms with van der Waals surface area (Å²) in [4.78, 5) is 26.0. The lowest BCUT2D eigenvalue weighted by atomic mass is 10.0. The van der Waals surface area contributed by atoms with Crippen LogP contribution in [0.4, 0.5) is 14.5 Å². The van der Waals surface area contributed by atoms with E-state index < -0.39 is 33.6 Å². The number of aromatic nitrogens is 2. The Balaban J connectivity index is 1.70. The third kappa shape index (κ3) is 6.24. The van der Waals surface area contributed by atoms with Crippen LogP contribution in [0.15, 0.2) is 76.4 Å². The molecule has 1 heterocycles.